The zero-order valence-electron chi connectivity index (χ0n) is 12.3. The fraction of sp³-hybridized carbons (Fsp3) is 0.312. The summed E-state index contributed by atoms with van der Waals surface area (Å²) in [6.07, 6.45) is 4.47. The summed E-state index contributed by atoms with van der Waals surface area (Å²) in [7, 11) is 0. The van der Waals surface area contributed by atoms with Gasteiger partial charge in [0.15, 0.2) is 5.58 Å². The van der Waals surface area contributed by atoms with E-state index in [0.717, 1.165) is 36.2 Å². The van der Waals surface area contributed by atoms with Crippen LogP contribution in [0.5, 0.6) is 6.01 Å². The number of rotatable bonds is 3. The number of para-hydroxylation sites is 2. The summed E-state index contributed by atoms with van der Waals surface area (Å²) in [6, 6.07) is 8.86. The fourth-order valence-corrected chi connectivity index (χ4v) is 2.58. The summed E-state index contributed by atoms with van der Waals surface area (Å²) < 4.78 is 11.6. The Kier molecular flexibility index (Phi) is 3.14. The second-order valence-corrected chi connectivity index (χ2v) is 5.48. The third-order valence-corrected chi connectivity index (χ3v) is 3.73. The molecule has 6 nitrogen and oxygen atoms in total. The van der Waals surface area contributed by atoms with E-state index in [1.165, 1.54) is 0 Å². The van der Waals surface area contributed by atoms with Gasteiger partial charge in [0.1, 0.15) is 11.6 Å². The van der Waals surface area contributed by atoms with Crippen LogP contribution in [0.1, 0.15) is 12.0 Å². The molecule has 0 spiro atoms. The minimum absolute atomic E-state index is 0.0534. The number of aromatic nitrogens is 3. The van der Waals surface area contributed by atoms with Crippen LogP contribution in [-0.2, 0) is 0 Å². The van der Waals surface area contributed by atoms with Crippen LogP contribution in [0.2, 0.25) is 0 Å². The lowest BCUT2D eigenvalue weighted by atomic mass is 10.3. The molecule has 1 fully saturated rings. The van der Waals surface area contributed by atoms with E-state index in [0.29, 0.717) is 12.0 Å². The Morgan fingerprint density at radius 3 is 2.86 bits per heavy atom. The van der Waals surface area contributed by atoms with Crippen molar-refractivity contribution < 1.29 is 9.15 Å². The van der Waals surface area contributed by atoms with Gasteiger partial charge in [-0.1, -0.05) is 12.1 Å². The molecule has 4 rings (SSSR count). The first-order valence-electron chi connectivity index (χ1n) is 7.34. The number of nitrogens with zero attached hydrogens (tertiary/aromatic N) is 4. The smallest absolute Gasteiger partial charge is 0.316 e. The van der Waals surface area contributed by atoms with Gasteiger partial charge in [-0.05, 0) is 24.6 Å². The summed E-state index contributed by atoms with van der Waals surface area (Å²) >= 11 is 0. The van der Waals surface area contributed by atoms with Crippen molar-refractivity contribution in [1.29, 1.82) is 0 Å². The number of hydrogen-bond donors (Lipinski definition) is 0. The van der Waals surface area contributed by atoms with Gasteiger partial charge in [-0.25, -0.2) is 9.97 Å². The Hall–Kier alpha value is -2.63. The first kappa shape index (κ1) is 13.1. The van der Waals surface area contributed by atoms with E-state index >= 15 is 0 Å². The van der Waals surface area contributed by atoms with Gasteiger partial charge < -0.3 is 14.1 Å². The first-order valence-corrected chi connectivity index (χ1v) is 7.34. The highest BCUT2D eigenvalue weighted by Crippen LogP contribution is 2.25. The normalized spacial score (nSPS) is 18.0. The molecule has 0 N–H and O–H groups in total. The zero-order chi connectivity index (χ0) is 14.9. The van der Waals surface area contributed by atoms with E-state index in [1.54, 1.807) is 12.4 Å². The Labute approximate surface area is 127 Å². The van der Waals surface area contributed by atoms with Gasteiger partial charge in [0.2, 0.25) is 0 Å². The van der Waals surface area contributed by atoms with Gasteiger partial charge in [-0.2, -0.15) is 4.98 Å². The molecule has 0 amide bonds. The number of ether oxygens (including phenoxy) is 1. The molecule has 0 aliphatic carbocycles. The molecule has 112 valence electrons. The molecular weight excluding hydrogens is 280 g/mol. The largest absolute Gasteiger partial charge is 0.458 e. The molecule has 1 atom stereocenters. The Morgan fingerprint density at radius 1 is 1.23 bits per heavy atom. The molecule has 0 bridgehead atoms. The maximum atomic E-state index is 5.82. The van der Waals surface area contributed by atoms with E-state index in [4.69, 9.17) is 9.15 Å². The van der Waals surface area contributed by atoms with Gasteiger partial charge in [-0.15, -0.1) is 0 Å². The molecule has 3 heterocycles. The highest BCUT2D eigenvalue weighted by atomic mass is 16.5. The van der Waals surface area contributed by atoms with Crippen molar-refractivity contribution in [3.63, 3.8) is 0 Å². The zero-order valence-corrected chi connectivity index (χ0v) is 12.3. The number of anilines is 1. The van der Waals surface area contributed by atoms with E-state index in [1.807, 2.05) is 31.2 Å². The molecule has 1 unspecified atom stereocenters. The number of hydrogen-bond acceptors (Lipinski definition) is 6. The van der Waals surface area contributed by atoms with Crippen LogP contribution in [-0.4, -0.2) is 34.1 Å². The molecule has 1 aromatic carbocycles. The van der Waals surface area contributed by atoms with Crippen LogP contribution in [0.4, 0.5) is 6.01 Å². The lowest BCUT2D eigenvalue weighted by molar-refractivity contribution is 0.205. The average Bonchev–Trinajstić information content (AvgIpc) is 3.15. The van der Waals surface area contributed by atoms with Crippen LogP contribution in [0.15, 0.2) is 41.1 Å². The SMILES string of the molecule is Cc1cnc(OC2CCN(c3nc4ccccc4o3)C2)nc1. The van der Waals surface area contributed by atoms with E-state index in [2.05, 4.69) is 19.9 Å². The molecule has 0 radical (unpaired) electrons. The van der Waals surface area contributed by atoms with Gasteiger partial charge in [-0.3, -0.25) is 0 Å². The first-order chi connectivity index (χ1) is 10.8. The molecule has 22 heavy (non-hydrogen) atoms. The quantitative estimate of drug-likeness (QED) is 0.740. The minimum atomic E-state index is 0.0534. The van der Waals surface area contributed by atoms with Crippen molar-refractivity contribution >= 4 is 17.1 Å². The summed E-state index contributed by atoms with van der Waals surface area (Å²) in [5.74, 6) is 0. The lowest BCUT2D eigenvalue weighted by Crippen LogP contribution is -2.25. The Balaban J connectivity index is 1.46. The second kappa shape index (κ2) is 5.29. The summed E-state index contributed by atoms with van der Waals surface area (Å²) in [4.78, 5) is 15.0. The van der Waals surface area contributed by atoms with Gasteiger partial charge in [0.25, 0.3) is 6.01 Å². The standard InChI is InChI=1S/C16H16N4O2/c1-11-8-17-15(18-9-11)21-12-6-7-20(10-12)16-19-13-4-2-3-5-14(13)22-16/h2-5,8-9,12H,6-7,10H2,1H3. The predicted octanol–water partition coefficient (Wildman–Crippen LogP) is 2.58. The number of benzene rings is 1. The summed E-state index contributed by atoms with van der Waals surface area (Å²) in [5.41, 5.74) is 2.71. The lowest BCUT2D eigenvalue weighted by Gasteiger charge is -2.14. The van der Waals surface area contributed by atoms with Crippen molar-refractivity contribution in [3.8, 4) is 6.01 Å². The van der Waals surface area contributed by atoms with Crippen LogP contribution < -0.4 is 9.64 Å². The Bertz CT molecular complexity index is 751. The summed E-state index contributed by atoms with van der Waals surface area (Å²) in [5, 5.41) is 0. The highest BCUT2D eigenvalue weighted by molar-refractivity contribution is 5.74. The van der Waals surface area contributed by atoms with Crippen LogP contribution in [0.25, 0.3) is 11.1 Å². The second-order valence-electron chi connectivity index (χ2n) is 5.48. The monoisotopic (exact) mass is 296 g/mol. The molecule has 2 aromatic heterocycles. The van der Waals surface area contributed by atoms with E-state index < -0.39 is 0 Å². The van der Waals surface area contributed by atoms with Crippen molar-refractivity contribution in [3.05, 3.63) is 42.2 Å². The fourth-order valence-electron chi connectivity index (χ4n) is 2.58. The van der Waals surface area contributed by atoms with Crippen molar-refractivity contribution in [1.82, 2.24) is 15.0 Å². The van der Waals surface area contributed by atoms with E-state index in [-0.39, 0.29) is 6.10 Å². The van der Waals surface area contributed by atoms with Crippen LogP contribution >= 0.6 is 0 Å². The van der Waals surface area contributed by atoms with Crippen LogP contribution in [0, 0.1) is 6.92 Å². The minimum Gasteiger partial charge on any atom is -0.458 e. The van der Waals surface area contributed by atoms with E-state index in [9.17, 15) is 0 Å². The molecular formula is C16H16N4O2. The van der Waals surface area contributed by atoms with Gasteiger partial charge in [0, 0.05) is 25.4 Å². The Morgan fingerprint density at radius 2 is 2.05 bits per heavy atom. The third kappa shape index (κ3) is 2.47. The van der Waals surface area contributed by atoms with Gasteiger partial charge in [0.05, 0.1) is 6.54 Å². The maximum Gasteiger partial charge on any atom is 0.316 e. The number of aryl methyl sites for hydroxylation is 1. The number of fused-ring (bicyclic) bond motifs is 1. The van der Waals surface area contributed by atoms with Crippen molar-refractivity contribution in [2.24, 2.45) is 0 Å². The topological polar surface area (TPSA) is 64.3 Å². The van der Waals surface area contributed by atoms with Gasteiger partial charge >= 0.3 is 6.01 Å². The molecule has 6 heteroatoms. The maximum absolute atomic E-state index is 5.82. The van der Waals surface area contributed by atoms with Crippen molar-refractivity contribution in [2.45, 2.75) is 19.4 Å². The van der Waals surface area contributed by atoms with Crippen LogP contribution in [0.3, 0.4) is 0 Å². The number of oxazole rings is 1. The molecule has 3 aromatic rings. The average molecular weight is 296 g/mol. The highest BCUT2D eigenvalue weighted by Gasteiger charge is 2.27. The van der Waals surface area contributed by atoms with Crippen molar-refractivity contribution in [2.75, 3.05) is 18.0 Å². The third-order valence-electron chi connectivity index (χ3n) is 3.73. The molecule has 1 aliphatic rings. The predicted molar refractivity (Wildman–Crippen MR) is 82.0 cm³/mol. The molecule has 1 aliphatic heterocycles. The molecule has 0 saturated carbocycles. The molecule has 1 saturated heterocycles. The summed E-state index contributed by atoms with van der Waals surface area (Å²) in [6.45, 7) is 3.53.